The van der Waals surface area contributed by atoms with Crippen LogP contribution in [-0.4, -0.2) is 21.7 Å². The number of carbonyl (C=O) groups excluding carboxylic acids is 1. The molecule has 0 unspecified atom stereocenters. The number of nitrogens with zero attached hydrogens (tertiary/aromatic N) is 2. The number of aliphatic hydroxyl groups is 1. The Bertz CT molecular complexity index is 2130. The largest absolute Gasteiger partial charge is 0.506 e. The van der Waals surface area contributed by atoms with Gasteiger partial charge >= 0.3 is 12.4 Å². The quantitative estimate of drug-likeness (QED) is 0.128. The predicted octanol–water partition coefficient (Wildman–Crippen LogP) is 8.89. The molecule has 1 aliphatic carbocycles. The average Bonchev–Trinajstić information content (AvgIpc) is 3.56. The zero-order valence-electron chi connectivity index (χ0n) is 22.4. The molecule has 0 amide bonds. The SMILES string of the molecule is O=C1C(c2cn(-c3cccc(C(F)(F)F)c3)c3ccccc23)=C(O)/C1=C1\C=[N+](c2cccc(C(F)(F)F)c2)c2ccccc21. The van der Waals surface area contributed by atoms with Crippen LogP contribution in [0.4, 0.5) is 37.7 Å². The van der Waals surface area contributed by atoms with Crippen LogP contribution < -0.4 is 4.58 Å². The van der Waals surface area contributed by atoms with E-state index in [2.05, 4.69) is 0 Å². The molecule has 0 bridgehead atoms. The minimum absolute atomic E-state index is 0.00201. The first kappa shape index (κ1) is 27.5. The second-order valence-electron chi connectivity index (χ2n) is 10.4. The zero-order chi connectivity index (χ0) is 31.0. The molecule has 0 fully saturated rings. The normalized spacial score (nSPS) is 16.8. The van der Waals surface area contributed by atoms with E-state index < -0.39 is 29.3 Å². The average molecular weight is 602 g/mol. The number of benzene rings is 4. The maximum absolute atomic E-state index is 13.8. The Morgan fingerprint density at radius 1 is 0.682 bits per heavy atom. The van der Waals surface area contributed by atoms with Crippen LogP contribution in [0.25, 0.3) is 27.7 Å². The van der Waals surface area contributed by atoms with E-state index in [0.29, 0.717) is 33.3 Å². The number of halogens is 6. The van der Waals surface area contributed by atoms with E-state index in [4.69, 9.17) is 0 Å². The molecular weight excluding hydrogens is 582 g/mol. The van der Waals surface area contributed by atoms with Crippen LogP contribution in [0.5, 0.6) is 0 Å². The third kappa shape index (κ3) is 4.24. The van der Waals surface area contributed by atoms with E-state index in [0.717, 1.165) is 24.3 Å². The van der Waals surface area contributed by atoms with Gasteiger partial charge in [0.1, 0.15) is 5.76 Å². The molecule has 218 valence electrons. The number of alkyl halides is 6. The maximum Gasteiger partial charge on any atom is 0.416 e. The van der Waals surface area contributed by atoms with Gasteiger partial charge in [-0.05, 0) is 36.4 Å². The van der Waals surface area contributed by atoms with Crippen molar-refractivity contribution in [2.75, 3.05) is 0 Å². The van der Waals surface area contributed by atoms with Gasteiger partial charge in [-0.3, -0.25) is 4.79 Å². The molecule has 4 aromatic carbocycles. The van der Waals surface area contributed by atoms with Gasteiger partial charge in [0.05, 0.1) is 38.9 Å². The summed E-state index contributed by atoms with van der Waals surface area (Å²) in [6.45, 7) is 0. The maximum atomic E-state index is 13.8. The molecule has 1 aromatic heterocycles. The minimum atomic E-state index is -4.55. The molecule has 0 saturated carbocycles. The Hall–Kier alpha value is -5.38. The molecule has 0 spiro atoms. The van der Waals surface area contributed by atoms with Gasteiger partial charge in [-0.15, -0.1) is 0 Å². The van der Waals surface area contributed by atoms with Gasteiger partial charge in [-0.2, -0.15) is 30.9 Å². The molecular formula is C34H19F6N2O2+. The number of carbonyl (C=O) groups is 1. The van der Waals surface area contributed by atoms with Gasteiger partial charge in [0.25, 0.3) is 0 Å². The summed E-state index contributed by atoms with van der Waals surface area (Å²) in [7, 11) is 0. The number of rotatable bonds is 3. The monoisotopic (exact) mass is 601 g/mol. The van der Waals surface area contributed by atoms with Crippen LogP contribution in [0.2, 0.25) is 0 Å². The number of hydrogen-bond acceptors (Lipinski definition) is 2. The van der Waals surface area contributed by atoms with E-state index in [-0.39, 0.29) is 28.3 Å². The van der Waals surface area contributed by atoms with Crippen molar-refractivity contribution in [2.45, 2.75) is 12.4 Å². The lowest BCUT2D eigenvalue weighted by Crippen LogP contribution is -2.22. The highest BCUT2D eigenvalue weighted by Gasteiger charge is 2.43. The molecule has 2 aliphatic rings. The fourth-order valence-electron chi connectivity index (χ4n) is 5.75. The van der Waals surface area contributed by atoms with Gasteiger partial charge in [-0.1, -0.05) is 42.5 Å². The number of para-hydroxylation sites is 2. The lowest BCUT2D eigenvalue weighted by Gasteiger charge is -2.22. The Labute approximate surface area is 245 Å². The first-order valence-corrected chi connectivity index (χ1v) is 13.3. The third-order valence-electron chi connectivity index (χ3n) is 7.79. The molecule has 44 heavy (non-hydrogen) atoms. The van der Waals surface area contributed by atoms with Gasteiger partial charge in [0.15, 0.2) is 6.21 Å². The first-order chi connectivity index (χ1) is 20.9. The van der Waals surface area contributed by atoms with E-state index in [1.807, 2.05) is 0 Å². The van der Waals surface area contributed by atoms with Crippen LogP contribution in [0.1, 0.15) is 22.3 Å². The summed E-state index contributed by atoms with van der Waals surface area (Å²) in [5.74, 6) is -0.810. The Morgan fingerprint density at radius 2 is 1.34 bits per heavy atom. The molecule has 4 nitrogen and oxygen atoms in total. The summed E-state index contributed by atoms with van der Waals surface area (Å²) in [6, 6.07) is 23.3. The van der Waals surface area contributed by atoms with E-state index in [1.165, 1.54) is 45.8 Å². The van der Waals surface area contributed by atoms with Crippen molar-refractivity contribution in [3.05, 3.63) is 137 Å². The second kappa shape index (κ2) is 9.57. The van der Waals surface area contributed by atoms with Gasteiger partial charge < -0.3 is 9.67 Å². The highest BCUT2D eigenvalue weighted by atomic mass is 19.4. The lowest BCUT2D eigenvalue weighted by molar-refractivity contribution is -0.138. The van der Waals surface area contributed by atoms with E-state index >= 15 is 0 Å². The van der Waals surface area contributed by atoms with Crippen LogP contribution in [0.15, 0.2) is 115 Å². The molecule has 2 heterocycles. The smallest absolute Gasteiger partial charge is 0.416 e. The lowest BCUT2D eigenvalue weighted by atomic mass is 9.80. The first-order valence-electron chi connectivity index (χ1n) is 13.3. The Morgan fingerprint density at radius 3 is 2.07 bits per heavy atom. The number of ketones is 1. The molecule has 0 atom stereocenters. The molecule has 5 aromatic rings. The number of hydrogen-bond donors (Lipinski definition) is 1. The molecule has 0 radical (unpaired) electrons. The summed E-state index contributed by atoms with van der Waals surface area (Å²) >= 11 is 0. The van der Waals surface area contributed by atoms with Gasteiger partial charge in [0.2, 0.25) is 17.2 Å². The van der Waals surface area contributed by atoms with Crippen molar-refractivity contribution in [2.24, 2.45) is 0 Å². The molecule has 10 heteroatoms. The summed E-state index contributed by atoms with van der Waals surface area (Å²) in [6.07, 6.45) is -6.06. The number of allylic oxidation sites excluding steroid dienone is 3. The van der Waals surface area contributed by atoms with Crippen molar-refractivity contribution in [1.82, 2.24) is 9.14 Å². The van der Waals surface area contributed by atoms with E-state index in [9.17, 15) is 36.2 Å². The van der Waals surface area contributed by atoms with Crippen molar-refractivity contribution in [3.8, 4) is 5.69 Å². The highest BCUT2D eigenvalue weighted by Crippen LogP contribution is 2.46. The summed E-state index contributed by atoms with van der Waals surface area (Å²) in [5.41, 5.74) is 1.07. The standard InChI is InChI=1S/C34H18F6N2O2/c35-33(36,37)19-7-5-9-21(15-19)41-17-25(23-11-1-3-13-27(23)41)29-31(43)30(32(29)44)26-18-42(28-14-4-2-12-24(26)28)22-10-6-8-20(16-22)34(38,39)40/h1-18H/p+1. The topological polar surface area (TPSA) is 45.2 Å². The predicted molar refractivity (Wildman–Crippen MR) is 155 cm³/mol. The van der Waals surface area contributed by atoms with Crippen LogP contribution in [0, 0.1) is 0 Å². The molecule has 0 saturated heterocycles. The molecule has 1 aliphatic heterocycles. The van der Waals surface area contributed by atoms with Crippen molar-refractivity contribution >= 4 is 45.4 Å². The molecule has 1 N–H and O–H groups in total. The van der Waals surface area contributed by atoms with Gasteiger partial charge in [-0.25, -0.2) is 0 Å². The third-order valence-corrected chi connectivity index (χ3v) is 7.79. The zero-order valence-corrected chi connectivity index (χ0v) is 22.4. The van der Waals surface area contributed by atoms with Crippen LogP contribution >= 0.6 is 0 Å². The fraction of sp³-hybridized carbons (Fsp3) is 0.0588. The van der Waals surface area contributed by atoms with E-state index in [1.54, 1.807) is 48.5 Å². The van der Waals surface area contributed by atoms with Gasteiger partial charge in [0, 0.05) is 41.0 Å². The number of fused-ring (bicyclic) bond motifs is 2. The van der Waals surface area contributed by atoms with Crippen LogP contribution in [0.3, 0.4) is 0 Å². The second-order valence-corrected chi connectivity index (χ2v) is 10.4. The van der Waals surface area contributed by atoms with Crippen LogP contribution in [-0.2, 0) is 17.1 Å². The minimum Gasteiger partial charge on any atom is -0.506 e. The van der Waals surface area contributed by atoms with Crippen molar-refractivity contribution in [3.63, 3.8) is 0 Å². The van der Waals surface area contributed by atoms with Crippen molar-refractivity contribution in [1.29, 1.82) is 0 Å². The van der Waals surface area contributed by atoms with Crippen molar-refractivity contribution < 1.29 is 36.2 Å². The number of Topliss-reactive ketones (excluding diaryl/α,β-unsaturated/α-hetero) is 1. The summed E-state index contributed by atoms with van der Waals surface area (Å²) in [5, 5.41) is 11.9. The molecule has 7 rings (SSSR count). The number of aromatic nitrogens is 1. The highest BCUT2D eigenvalue weighted by molar-refractivity contribution is 6.45. The fourth-order valence-corrected chi connectivity index (χ4v) is 5.75. The number of aliphatic hydroxyl groups excluding tert-OH is 1. The summed E-state index contributed by atoms with van der Waals surface area (Å²) in [4.78, 5) is 13.8. The summed E-state index contributed by atoms with van der Waals surface area (Å²) < 4.78 is 83.7. The Kier molecular flexibility index (Phi) is 5.97. The Balaban J connectivity index is 1.38.